The molecule has 4 aromatic carbocycles. The number of nitrogens with one attached hydrogen (secondary N) is 4. The number of aromatic nitrogens is 8. The molecule has 27 heteroatoms. The van der Waals surface area contributed by atoms with E-state index in [-0.39, 0.29) is 5.82 Å². The number of anilines is 4. The van der Waals surface area contributed by atoms with Gasteiger partial charge in [0, 0.05) is 78.3 Å². The molecule has 4 N–H and O–H groups in total. The van der Waals surface area contributed by atoms with E-state index in [1.807, 2.05) is 210 Å². The largest absolute Gasteiger partial charge is 0.320 e. The molecule has 0 spiro atoms. The van der Waals surface area contributed by atoms with Gasteiger partial charge < -0.3 is 38.9 Å². The highest BCUT2D eigenvalue weighted by atomic mass is 35.5. The summed E-state index contributed by atoms with van der Waals surface area (Å²) >= 11 is 10.5. The third-order valence-corrected chi connectivity index (χ3v) is 21.0. The molecular weight excluding hydrogens is 1510 g/mol. The quantitative estimate of drug-likeness (QED) is 0.0408. The van der Waals surface area contributed by atoms with E-state index in [4.69, 9.17) is 16.9 Å². The van der Waals surface area contributed by atoms with E-state index in [1.165, 1.54) is 12.1 Å². The Balaban J connectivity index is 0.000000131. The van der Waals surface area contributed by atoms with Crippen molar-refractivity contribution in [2.24, 2.45) is 0 Å². The fourth-order valence-electron chi connectivity index (χ4n) is 12.4. The van der Waals surface area contributed by atoms with Gasteiger partial charge in [0.1, 0.15) is 25.8 Å². The lowest BCUT2D eigenvalue weighted by atomic mass is 10.1. The summed E-state index contributed by atoms with van der Waals surface area (Å²) in [6, 6.07) is 69.4. The van der Waals surface area contributed by atoms with Crippen LogP contribution in [0.4, 0.5) is 24.4 Å². The normalized spacial score (nSPS) is 10.8. The molecule has 112 heavy (non-hydrogen) atoms. The van der Waals surface area contributed by atoms with Crippen LogP contribution >= 0.6 is 57.7 Å². The van der Waals surface area contributed by atoms with Gasteiger partial charge in [0.15, 0.2) is 0 Å². The zero-order valence-electron chi connectivity index (χ0n) is 60.2. The number of hydrogen-bond donors (Lipinski definition) is 4. The summed E-state index contributed by atoms with van der Waals surface area (Å²) in [4.78, 5) is 101. The van der Waals surface area contributed by atoms with E-state index < -0.39 is 46.8 Å². The number of nitriles is 1. The third kappa shape index (κ3) is 18.5. The second-order valence-corrected chi connectivity index (χ2v) is 29.4. The first kappa shape index (κ1) is 76.9. The number of rotatable bonds is 20. The van der Waals surface area contributed by atoms with Crippen LogP contribution in [0.3, 0.4) is 0 Å². The van der Waals surface area contributed by atoms with Gasteiger partial charge in [-0.15, -0.1) is 0 Å². The fourth-order valence-corrected chi connectivity index (χ4v) is 15.1. The number of amides is 4. The first-order valence-corrected chi connectivity index (χ1v) is 38.2. The Morgan fingerprint density at radius 2 is 0.616 bits per heavy atom. The molecule has 0 bridgehead atoms. The van der Waals surface area contributed by atoms with E-state index in [0.29, 0.717) is 95.1 Å². The lowest BCUT2D eigenvalue weighted by molar-refractivity contribution is -0.113. The Bertz CT molecular complexity index is 6080. The number of fused-ring (bicyclic) bond motifs is 4. The monoisotopic (exact) mass is 1580 g/mol. The van der Waals surface area contributed by atoms with Gasteiger partial charge in [-0.05, 0) is 230 Å². The van der Waals surface area contributed by atoms with Crippen LogP contribution in [-0.4, -0.2) is 81.9 Å². The number of nitrogens with zero attached hydrogens (tertiary/aromatic N) is 9. The highest BCUT2D eigenvalue weighted by molar-refractivity contribution is 7.11. The Kier molecular flexibility index (Phi) is 24.0. The molecule has 0 aliphatic heterocycles. The molecule has 16 aromatic rings. The standard InChI is InChI=1S/C22H16N4O2S.C21H16ClN3O2S.C21H16FN3O2S.C21H17N3O2S/c1-14-10-20(29-25-14)24-22(28)21(27)18-12-17(26-9-3-2-4-19(18)26)11-15-5-7-16(13-23)8-6-15;2*1-13-10-19(28-24-13)23-21(27)20(26)17-12-16(25-9-3-2-4-18(17)25)11-14-5-7-15(22)8-6-14;1-14-11-19(27-23-14)22-21(26)20(25)17-13-16(12-15-7-3-2-4-8-15)24-10-6-5-9-18(17)24/h2-10,12H,11H2,1H3,(H,24,28);2*2-10,12H,11H2,1H3,(H,23,27);2-11,13H,12H2,1H3,(H,22,26). The van der Waals surface area contributed by atoms with Gasteiger partial charge >= 0.3 is 0 Å². The molecule has 21 nitrogen and oxygen atoms in total. The molecule has 12 heterocycles. The minimum absolute atomic E-state index is 0.297. The SMILES string of the molecule is Cc1cc(NC(=O)C(=O)c2cc(Cc3ccc(C#N)cc3)n3ccccc23)sn1.Cc1cc(NC(=O)C(=O)c2cc(Cc3ccc(Cl)cc3)n3ccccc23)sn1.Cc1cc(NC(=O)C(=O)c2cc(Cc3ccc(F)cc3)n3ccccc23)sn1.Cc1cc(NC(=O)C(=O)c2cc(Cc3ccccc3)n3ccccc23)sn1. The smallest absolute Gasteiger partial charge is 0.297 e. The first-order chi connectivity index (χ1) is 54.2. The highest BCUT2D eigenvalue weighted by Crippen LogP contribution is 2.29. The first-order valence-electron chi connectivity index (χ1n) is 34.7. The van der Waals surface area contributed by atoms with Crippen LogP contribution < -0.4 is 21.3 Å². The summed E-state index contributed by atoms with van der Waals surface area (Å²) in [5.41, 5.74) is 15.7. The average Bonchev–Trinajstić information content (AvgIpc) is 1.66. The van der Waals surface area contributed by atoms with E-state index in [1.54, 1.807) is 72.8 Å². The van der Waals surface area contributed by atoms with Crippen molar-refractivity contribution in [2.45, 2.75) is 53.4 Å². The second-order valence-electron chi connectivity index (χ2n) is 25.7. The predicted molar refractivity (Wildman–Crippen MR) is 436 cm³/mol. The van der Waals surface area contributed by atoms with E-state index in [2.05, 4.69) is 44.8 Å². The predicted octanol–water partition coefficient (Wildman–Crippen LogP) is 17.1. The summed E-state index contributed by atoms with van der Waals surface area (Å²) in [5.74, 6) is -5.33. The maximum absolute atomic E-state index is 13.2. The molecule has 0 radical (unpaired) electrons. The number of aryl methyl sites for hydroxylation is 4. The lowest BCUT2D eigenvalue weighted by Crippen LogP contribution is -2.22. The highest BCUT2D eigenvalue weighted by Gasteiger charge is 2.27. The molecule has 556 valence electrons. The van der Waals surface area contributed by atoms with Gasteiger partial charge in [0.05, 0.1) is 78.7 Å². The molecule has 0 aliphatic carbocycles. The average molecular weight is 1580 g/mol. The number of ketones is 4. The van der Waals surface area contributed by atoms with Crippen molar-refractivity contribution in [1.82, 2.24) is 35.1 Å². The van der Waals surface area contributed by atoms with E-state index in [9.17, 15) is 42.7 Å². The fraction of sp³-hybridized carbons (Fsp3) is 0.0941. The van der Waals surface area contributed by atoms with E-state index >= 15 is 0 Å². The summed E-state index contributed by atoms with van der Waals surface area (Å²) in [6.45, 7) is 7.31. The Hall–Kier alpha value is -13.3. The van der Waals surface area contributed by atoms with Crippen molar-refractivity contribution in [1.29, 1.82) is 5.26 Å². The van der Waals surface area contributed by atoms with Crippen LogP contribution in [0, 0.1) is 44.8 Å². The summed E-state index contributed by atoms with van der Waals surface area (Å²) in [7, 11) is 0. The minimum atomic E-state index is -0.701. The maximum Gasteiger partial charge on any atom is 0.297 e. The second kappa shape index (κ2) is 34.9. The number of hydrogen-bond acceptors (Lipinski definition) is 17. The van der Waals surface area contributed by atoms with Crippen molar-refractivity contribution in [3.8, 4) is 6.07 Å². The van der Waals surface area contributed by atoms with Crippen LogP contribution in [0.5, 0.6) is 0 Å². The van der Waals surface area contributed by atoms with E-state index in [0.717, 1.165) is 119 Å². The number of carbonyl (C=O) groups excluding carboxylic acids is 8. The van der Waals surface area contributed by atoms with Crippen molar-refractivity contribution in [3.63, 3.8) is 0 Å². The minimum Gasteiger partial charge on any atom is -0.320 e. The molecule has 12 aromatic heterocycles. The number of pyridine rings is 4. The Morgan fingerprint density at radius 3 is 0.884 bits per heavy atom. The number of Topliss-reactive ketones (excluding diaryl/α,β-unsaturated/α-hetero) is 4. The molecule has 0 saturated heterocycles. The van der Waals surface area contributed by atoms with Gasteiger partial charge in [-0.25, -0.2) is 4.39 Å². The van der Waals surface area contributed by atoms with Crippen molar-refractivity contribution < 1.29 is 42.7 Å². The molecule has 0 unspecified atom stereocenters. The molecule has 0 fully saturated rings. The maximum atomic E-state index is 13.2. The molecular formula is C85H65ClFN13O8S4. The van der Waals surface area contributed by atoms with Crippen molar-refractivity contribution in [3.05, 3.63) is 356 Å². The van der Waals surface area contributed by atoms with Crippen LogP contribution in [0.15, 0.2) is 249 Å². The van der Waals surface area contributed by atoms with Crippen molar-refractivity contribution in [2.75, 3.05) is 21.3 Å². The van der Waals surface area contributed by atoms with Gasteiger partial charge in [-0.1, -0.05) is 103 Å². The van der Waals surface area contributed by atoms with Gasteiger partial charge in [-0.3, -0.25) is 38.4 Å². The van der Waals surface area contributed by atoms with Gasteiger partial charge in [0.25, 0.3) is 46.8 Å². The summed E-state index contributed by atoms with van der Waals surface area (Å²) in [6.07, 6.45) is 9.89. The van der Waals surface area contributed by atoms with Crippen LogP contribution in [0.1, 0.15) is 115 Å². The Labute approximate surface area is 661 Å². The van der Waals surface area contributed by atoms with Crippen LogP contribution in [0.2, 0.25) is 5.02 Å². The van der Waals surface area contributed by atoms with Crippen LogP contribution in [-0.2, 0) is 44.9 Å². The molecule has 0 saturated carbocycles. The van der Waals surface area contributed by atoms with Crippen molar-refractivity contribution >= 4 is 147 Å². The summed E-state index contributed by atoms with van der Waals surface area (Å²) in [5, 5.41) is 22.3. The van der Waals surface area contributed by atoms with Crippen LogP contribution in [0.25, 0.3) is 22.1 Å². The topological polar surface area (TPSA) is 278 Å². The number of halogens is 2. The molecule has 0 atom stereocenters. The van der Waals surface area contributed by atoms with Gasteiger partial charge in [0.2, 0.25) is 0 Å². The zero-order valence-corrected chi connectivity index (χ0v) is 64.2. The zero-order chi connectivity index (χ0) is 78.5. The molecule has 0 aliphatic rings. The molecule has 4 amide bonds. The molecule has 16 rings (SSSR count). The van der Waals surface area contributed by atoms with Gasteiger partial charge in [-0.2, -0.15) is 22.8 Å². The lowest BCUT2D eigenvalue weighted by Gasteiger charge is -2.03. The third-order valence-electron chi connectivity index (χ3n) is 17.6. The number of benzene rings is 4. The summed E-state index contributed by atoms with van der Waals surface area (Å²) < 4.78 is 37.3. The number of carbonyl (C=O) groups is 8. The Morgan fingerprint density at radius 1 is 0.357 bits per heavy atom.